The lowest BCUT2D eigenvalue weighted by Crippen LogP contribution is -2.35. The van der Waals surface area contributed by atoms with Crippen molar-refractivity contribution in [2.45, 2.75) is 44.6 Å². The fourth-order valence-electron chi connectivity index (χ4n) is 3.24. The Bertz CT molecular complexity index is 828. The van der Waals surface area contributed by atoms with Gasteiger partial charge in [0.1, 0.15) is 5.76 Å². The molecule has 1 aromatic carbocycles. The molecular weight excluding hydrogens is 350 g/mol. The Hall–Kier alpha value is -1.70. The van der Waals surface area contributed by atoms with Crippen LogP contribution in [0.15, 0.2) is 39.8 Å². The van der Waals surface area contributed by atoms with E-state index in [0.29, 0.717) is 37.0 Å². The first-order valence-electron chi connectivity index (χ1n) is 9.11. The molecule has 1 fully saturated rings. The summed E-state index contributed by atoms with van der Waals surface area (Å²) in [5, 5.41) is 4.03. The lowest BCUT2D eigenvalue weighted by Gasteiger charge is -2.21. The zero-order valence-electron chi connectivity index (χ0n) is 15.7. The summed E-state index contributed by atoms with van der Waals surface area (Å²) in [5.74, 6) is 1.18. The lowest BCUT2D eigenvalue weighted by molar-refractivity contribution is 0.268. The number of aromatic nitrogens is 1. The molecule has 0 atom stereocenters. The van der Waals surface area contributed by atoms with Crippen LogP contribution in [0.2, 0.25) is 0 Å². The molecule has 26 heavy (non-hydrogen) atoms. The number of sulfonamides is 1. The van der Waals surface area contributed by atoms with Crippen LogP contribution in [0.3, 0.4) is 0 Å². The highest BCUT2D eigenvalue weighted by molar-refractivity contribution is 7.89. The smallest absolute Gasteiger partial charge is 0.243 e. The number of nitrogens with zero attached hydrogens (tertiary/aromatic N) is 3. The van der Waals surface area contributed by atoms with Crippen molar-refractivity contribution in [1.82, 2.24) is 14.4 Å². The second kappa shape index (κ2) is 7.90. The van der Waals surface area contributed by atoms with Crippen LogP contribution in [0.5, 0.6) is 0 Å². The number of aryl methyl sites for hydroxylation is 1. The molecule has 2 aromatic rings. The molecule has 0 amide bonds. The van der Waals surface area contributed by atoms with Gasteiger partial charge in [0.05, 0.1) is 10.6 Å². The van der Waals surface area contributed by atoms with Gasteiger partial charge >= 0.3 is 0 Å². The molecule has 0 bridgehead atoms. The van der Waals surface area contributed by atoms with Crippen molar-refractivity contribution in [3.8, 4) is 0 Å². The van der Waals surface area contributed by atoms with E-state index < -0.39 is 10.0 Å². The number of benzene rings is 1. The van der Waals surface area contributed by atoms with Crippen LogP contribution in [0, 0.1) is 6.92 Å². The Morgan fingerprint density at radius 3 is 2.46 bits per heavy atom. The van der Waals surface area contributed by atoms with Crippen molar-refractivity contribution in [2.75, 3.05) is 26.2 Å². The third-order valence-electron chi connectivity index (χ3n) is 4.79. The minimum absolute atomic E-state index is 0.377. The zero-order valence-corrected chi connectivity index (χ0v) is 16.5. The average molecular weight is 378 g/mol. The second-order valence-electron chi connectivity index (χ2n) is 7.19. The van der Waals surface area contributed by atoms with Gasteiger partial charge in [-0.25, -0.2) is 8.42 Å². The third kappa shape index (κ3) is 4.34. The predicted molar refractivity (Wildman–Crippen MR) is 100 cm³/mol. The summed E-state index contributed by atoms with van der Waals surface area (Å²) >= 11 is 0. The highest BCUT2D eigenvalue weighted by Crippen LogP contribution is 2.21. The van der Waals surface area contributed by atoms with E-state index in [9.17, 15) is 8.42 Å². The fourth-order valence-corrected chi connectivity index (χ4v) is 4.71. The van der Waals surface area contributed by atoms with Crippen molar-refractivity contribution >= 4 is 10.0 Å². The molecule has 1 aliphatic heterocycles. The highest BCUT2D eigenvalue weighted by atomic mass is 32.2. The normalized spacial score (nSPS) is 17.5. The number of hydrogen-bond donors (Lipinski definition) is 0. The SMILES string of the molecule is Cc1cc(CN2CCCN(S(=O)(=O)c3ccc(C(C)C)cc3)CC2)no1. The molecule has 7 heteroatoms. The average Bonchev–Trinajstić information content (AvgIpc) is 2.87. The fraction of sp³-hybridized carbons (Fsp3) is 0.526. The van der Waals surface area contributed by atoms with E-state index in [1.54, 1.807) is 16.4 Å². The van der Waals surface area contributed by atoms with Gasteiger partial charge < -0.3 is 4.52 Å². The molecule has 1 saturated heterocycles. The Kier molecular flexibility index (Phi) is 5.79. The maximum atomic E-state index is 13.0. The van der Waals surface area contributed by atoms with Gasteiger partial charge in [-0.15, -0.1) is 0 Å². The highest BCUT2D eigenvalue weighted by Gasteiger charge is 2.27. The molecule has 6 nitrogen and oxygen atoms in total. The van der Waals surface area contributed by atoms with Crippen molar-refractivity contribution in [3.05, 3.63) is 47.3 Å². The zero-order chi connectivity index (χ0) is 18.7. The maximum absolute atomic E-state index is 13.0. The topological polar surface area (TPSA) is 66.7 Å². The molecule has 0 saturated carbocycles. The molecule has 0 aliphatic carbocycles. The summed E-state index contributed by atoms with van der Waals surface area (Å²) in [6, 6.07) is 9.20. The molecule has 142 valence electrons. The predicted octanol–water partition coefficient (Wildman–Crippen LogP) is 3.00. The van der Waals surface area contributed by atoms with Gasteiger partial charge in [-0.2, -0.15) is 4.31 Å². The van der Waals surface area contributed by atoms with Crippen LogP contribution in [-0.2, 0) is 16.6 Å². The summed E-state index contributed by atoms with van der Waals surface area (Å²) in [6.45, 7) is 9.34. The first-order valence-corrected chi connectivity index (χ1v) is 10.5. The van der Waals surface area contributed by atoms with Crippen molar-refractivity contribution < 1.29 is 12.9 Å². The summed E-state index contributed by atoms with van der Waals surface area (Å²) in [4.78, 5) is 2.61. The summed E-state index contributed by atoms with van der Waals surface area (Å²) in [7, 11) is -3.45. The van der Waals surface area contributed by atoms with E-state index in [0.717, 1.165) is 30.0 Å². The van der Waals surface area contributed by atoms with Crippen LogP contribution >= 0.6 is 0 Å². The lowest BCUT2D eigenvalue weighted by atomic mass is 10.0. The number of hydrogen-bond acceptors (Lipinski definition) is 5. The standard InChI is InChI=1S/C19H27N3O3S/c1-15(2)17-5-7-19(8-6-17)26(23,24)22-10-4-9-21(11-12-22)14-18-13-16(3)25-20-18/h5-8,13,15H,4,9-12,14H2,1-3H3. The van der Waals surface area contributed by atoms with Crippen LogP contribution < -0.4 is 0 Å². The van der Waals surface area contributed by atoms with Gasteiger partial charge in [0.25, 0.3) is 0 Å². The van der Waals surface area contributed by atoms with E-state index in [4.69, 9.17) is 4.52 Å². The summed E-state index contributed by atoms with van der Waals surface area (Å²) in [6.07, 6.45) is 0.806. The minimum atomic E-state index is -3.45. The molecule has 0 radical (unpaired) electrons. The van der Waals surface area contributed by atoms with Crippen LogP contribution in [0.1, 0.15) is 43.2 Å². The van der Waals surface area contributed by atoms with Gasteiger partial charge in [-0.05, 0) is 43.5 Å². The van der Waals surface area contributed by atoms with Crippen LogP contribution in [0.4, 0.5) is 0 Å². The Balaban J connectivity index is 1.67. The Labute approximate surface area is 155 Å². The van der Waals surface area contributed by atoms with E-state index in [-0.39, 0.29) is 0 Å². The third-order valence-corrected chi connectivity index (χ3v) is 6.71. The molecule has 3 rings (SSSR count). The Morgan fingerprint density at radius 1 is 1.12 bits per heavy atom. The molecule has 1 aliphatic rings. The molecule has 2 heterocycles. The molecule has 0 N–H and O–H groups in total. The van der Waals surface area contributed by atoms with Crippen molar-refractivity contribution in [3.63, 3.8) is 0 Å². The monoisotopic (exact) mass is 377 g/mol. The Morgan fingerprint density at radius 2 is 1.85 bits per heavy atom. The largest absolute Gasteiger partial charge is 0.361 e. The van der Waals surface area contributed by atoms with E-state index >= 15 is 0 Å². The summed E-state index contributed by atoms with van der Waals surface area (Å²) in [5.41, 5.74) is 2.04. The number of rotatable bonds is 5. The minimum Gasteiger partial charge on any atom is -0.361 e. The van der Waals surface area contributed by atoms with Gasteiger partial charge in [0.15, 0.2) is 0 Å². The van der Waals surface area contributed by atoms with Gasteiger partial charge in [-0.3, -0.25) is 4.90 Å². The second-order valence-corrected chi connectivity index (χ2v) is 9.12. The van der Waals surface area contributed by atoms with Gasteiger partial charge in [0.2, 0.25) is 10.0 Å². The van der Waals surface area contributed by atoms with Gasteiger partial charge in [-0.1, -0.05) is 31.1 Å². The van der Waals surface area contributed by atoms with Crippen molar-refractivity contribution in [2.24, 2.45) is 0 Å². The first-order chi connectivity index (χ1) is 12.4. The van der Waals surface area contributed by atoms with Crippen LogP contribution in [-0.4, -0.2) is 49.0 Å². The molecular formula is C19H27N3O3S. The van der Waals surface area contributed by atoms with E-state index in [1.807, 2.05) is 25.1 Å². The van der Waals surface area contributed by atoms with Crippen LogP contribution in [0.25, 0.3) is 0 Å². The molecule has 0 unspecified atom stereocenters. The quantitative estimate of drug-likeness (QED) is 0.801. The van der Waals surface area contributed by atoms with E-state index in [1.165, 1.54) is 0 Å². The maximum Gasteiger partial charge on any atom is 0.243 e. The van der Waals surface area contributed by atoms with Gasteiger partial charge in [0, 0.05) is 32.2 Å². The van der Waals surface area contributed by atoms with Crippen molar-refractivity contribution in [1.29, 1.82) is 0 Å². The summed E-state index contributed by atoms with van der Waals surface area (Å²) < 4.78 is 32.7. The van der Waals surface area contributed by atoms with E-state index in [2.05, 4.69) is 23.9 Å². The molecule has 1 aromatic heterocycles. The molecule has 0 spiro atoms. The first kappa shape index (κ1) is 19.1.